The average Bonchev–Trinajstić information content (AvgIpc) is 2.15. The van der Waals surface area contributed by atoms with Crippen molar-refractivity contribution in [1.29, 1.82) is 0 Å². The molecule has 0 radical (unpaired) electrons. The van der Waals surface area contributed by atoms with E-state index in [2.05, 4.69) is 20.8 Å². The van der Waals surface area contributed by atoms with Crippen LogP contribution in [-0.4, -0.2) is 43.4 Å². The van der Waals surface area contributed by atoms with E-state index < -0.39 is 12.7 Å². The van der Waals surface area contributed by atoms with Crippen molar-refractivity contribution in [3.8, 4) is 0 Å². The highest BCUT2D eigenvalue weighted by Crippen LogP contribution is 2.41. The number of methoxy groups -OCH3 is 1. The number of alkyl halides is 3. The minimum Gasteiger partial charge on any atom is -0.378 e. The fourth-order valence-electron chi connectivity index (χ4n) is 2.59. The van der Waals surface area contributed by atoms with Crippen LogP contribution in [0.25, 0.3) is 0 Å². The Labute approximate surface area is 101 Å². The molecular formula is C12H22F3NO. The van der Waals surface area contributed by atoms with Crippen LogP contribution in [0.5, 0.6) is 0 Å². The van der Waals surface area contributed by atoms with Crippen molar-refractivity contribution in [2.45, 2.75) is 45.4 Å². The zero-order valence-electron chi connectivity index (χ0n) is 11.0. The number of ether oxygens (including phenoxy) is 1. The Morgan fingerprint density at radius 1 is 1.12 bits per heavy atom. The smallest absolute Gasteiger partial charge is 0.378 e. The Kier molecular flexibility index (Phi) is 4.14. The minimum absolute atomic E-state index is 0.0495. The van der Waals surface area contributed by atoms with Crippen LogP contribution in [0.4, 0.5) is 13.2 Å². The molecule has 1 aliphatic rings. The SMILES string of the molecule is COC1(C(C)(C)C)CCN(CC(F)(F)F)CC1. The van der Waals surface area contributed by atoms with Crippen molar-refractivity contribution in [1.82, 2.24) is 4.90 Å². The lowest BCUT2D eigenvalue weighted by Crippen LogP contribution is -2.54. The predicted molar refractivity (Wildman–Crippen MR) is 60.9 cm³/mol. The minimum atomic E-state index is -4.10. The van der Waals surface area contributed by atoms with Gasteiger partial charge in [0.15, 0.2) is 0 Å². The van der Waals surface area contributed by atoms with Gasteiger partial charge in [0.25, 0.3) is 0 Å². The summed E-state index contributed by atoms with van der Waals surface area (Å²) in [5, 5.41) is 0. The third kappa shape index (κ3) is 3.58. The van der Waals surface area contributed by atoms with Gasteiger partial charge in [-0.15, -0.1) is 0 Å². The monoisotopic (exact) mass is 253 g/mol. The van der Waals surface area contributed by atoms with Gasteiger partial charge in [0.05, 0.1) is 12.1 Å². The lowest BCUT2D eigenvalue weighted by atomic mass is 9.70. The molecule has 0 amide bonds. The van der Waals surface area contributed by atoms with Crippen molar-refractivity contribution in [3.63, 3.8) is 0 Å². The van der Waals surface area contributed by atoms with E-state index in [-0.39, 0.29) is 11.0 Å². The Bertz CT molecular complexity index is 249. The number of nitrogens with zero attached hydrogens (tertiary/aromatic N) is 1. The molecule has 0 bridgehead atoms. The molecule has 1 aliphatic heterocycles. The van der Waals surface area contributed by atoms with Crippen LogP contribution in [0.2, 0.25) is 0 Å². The summed E-state index contributed by atoms with van der Waals surface area (Å²) in [4.78, 5) is 1.46. The Morgan fingerprint density at radius 2 is 1.59 bits per heavy atom. The largest absolute Gasteiger partial charge is 0.401 e. The quantitative estimate of drug-likeness (QED) is 0.750. The van der Waals surface area contributed by atoms with Crippen LogP contribution in [0.3, 0.4) is 0 Å². The second-order valence-corrected chi connectivity index (χ2v) is 5.84. The number of hydrogen-bond acceptors (Lipinski definition) is 2. The van der Waals surface area contributed by atoms with E-state index in [1.54, 1.807) is 7.11 Å². The van der Waals surface area contributed by atoms with Gasteiger partial charge in [0.2, 0.25) is 0 Å². The van der Waals surface area contributed by atoms with E-state index in [9.17, 15) is 13.2 Å². The number of halogens is 3. The molecular weight excluding hydrogens is 231 g/mol. The maximum atomic E-state index is 12.3. The zero-order chi connectivity index (χ0) is 13.3. The fraction of sp³-hybridized carbons (Fsp3) is 1.00. The standard InChI is InChI=1S/C12H22F3NO/c1-10(2,3)11(17-4)5-7-16(8-6-11)9-12(13,14)15/h5-9H2,1-4H3. The molecule has 0 aromatic heterocycles. The first-order valence-electron chi connectivity index (χ1n) is 5.94. The van der Waals surface area contributed by atoms with Crippen molar-refractivity contribution < 1.29 is 17.9 Å². The van der Waals surface area contributed by atoms with Gasteiger partial charge in [0.1, 0.15) is 0 Å². The van der Waals surface area contributed by atoms with Gasteiger partial charge < -0.3 is 4.74 Å². The highest BCUT2D eigenvalue weighted by atomic mass is 19.4. The Balaban J connectivity index is 2.60. The predicted octanol–water partition coefficient (Wildman–Crippen LogP) is 3.08. The second kappa shape index (κ2) is 4.76. The van der Waals surface area contributed by atoms with Gasteiger partial charge in [-0.05, 0) is 18.3 Å². The van der Waals surface area contributed by atoms with Crippen molar-refractivity contribution in [2.75, 3.05) is 26.7 Å². The van der Waals surface area contributed by atoms with Gasteiger partial charge in [-0.2, -0.15) is 13.2 Å². The van der Waals surface area contributed by atoms with Crippen molar-refractivity contribution in [3.05, 3.63) is 0 Å². The fourth-order valence-corrected chi connectivity index (χ4v) is 2.59. The van der Waals surface area contributed by atoms with Crippen LogP contribution in [-0.2, 0) is 4.74 Å². The summed E-state index contributed by atoms with van der Waals surface area (Å²) in [6.45, 7) is 6.33. The van der Waals surface area contributed by atoms with Crippen LogP contribution >= 0.6 is 0 Å². The van der Waals surface area contributed by atoms with E-state index >= 15 is 0 Å². The second-order valence-electron chi connectivity index (χ2n) is 5.84. The molecule has 1 heterocycles. The normalized spacial score (nSPS) is 22.8. The molecule has 0 aliphatic carbocycles. The molecule has 5 heteroatoms. The molecule has 17 heavy (non-hydrogen) atoms. The van der Waals surface area contributed by atoms with Crippen molar-refractivity contribution in [2.24, 2.45) is 5.41 Å². The van der Waals surface area contributed by atoms with Gasteiger partial charge in [-0.1, -0.05) is 20.8 Å². The molecule has 102 valence electrons. The first-order chi connectivity index (χ1) is 7.60. The number of likely N-dealkylation sites (tertiary alicyclic amines) is 1. The molecule has 0 spiro atoms. The number of rotatable bonds is 2. The first-order valence-corrected chi connectivity index (χ1v) is 5.94. The molecule has 0 aromatic carbocycles. The summed E-state index contributed by atoms with van der Waals surface area (Å²) in [7, 11) is 1.66. The van der Waals surface area contributed by atoms with Gasteiger partial charge in [-0.25, -0.2) is 0 Å². The summed E-state index contributed by atoms with van der Waals surface area (Å²) in [5.41, 5.74) is -0.346. The maximum Gasteiger partial charge on any atom is 0.401 e. The lowest BCUT2D eigenvalue weighted by molar-refractivity contribution is -0.168. The molecule has 0 atom stereocenters. The topological polar surface area (TPSA) is 12.5 Å². The summed E-state index contributed by atoms with van der Waals surface area (Å²) in [6.07, 6.45) is -2.79. The van der Waals surface area contributed by atoms with Crippen LogP contribution in [0.1, 0.15) is 33.6 Å². The number of hydrogen-bond donors (Lipinski definition) is 0. The van der Waals surface area contributed by atoms with Gasteiger partial charge in [0, 0.05) is 20.2 Å². The van der Waals surface area contributed by atoms with E-state index in [4.69, 9.17) is 4.74 Å². The van der Waals surface area contributed by atoms with Crippen LogP contribution in [0.15, 0.2) is 0 Å². The van der Waals surface area contributed by atoms with Gasteiger partial charge >= 0.3 is 6.18 Å². The zero-order valence-corrected chi connectivity index (χ0v) is 11.0. The molecule has 1 rings (SSSR count). The van der Waals surface area contributed by atoms with E-state index in [0.29, 0.717) is 25.9 Å². The number of piperidine rings is 1. The first kappa shape index (κ1) is 14.8. The molecule has 0 aromatic rings. The molecule has 1 saturated heterocycles. The van der Waals surface area contributed by atoms with Crippen LogP contribution in [0, 0.1) is 5.41 Å². The van der Waals surface area contributed by atoms with Crippen molar-refractivity contribution >= 4 is 0 Å². The summed E-state index contributed by atoms with van der Waals surface area (Å²) < 4.78 is 42.4. The Morgan fingerprint density at radius 3 is 1.88 bits per heavy atom. The summed E-state index contributed by atoms with van der Waals surface area (Å²) in [5.74, 6) is 0. The van der Waals surface area contributed by atoms with E-state index in [1.165, 1.54) is 4.90 Å². The average molecular weight is 253 g/mol. The maximum absolute atomic E-state index is 12.3. The van der Waals surface area contributed by atoms with E-state index in [0.717, 1.165) is 0 Å². The molecule has 0 N–H and O–H groups in total. The third-order valence-corrected chi connectivity index (χ3v) is 3.82. The molecule has 0 unspecified atom stereocenters. The highest BCUT2D eigenvalue weighted by molar-refractivity contribution is 4.96. The van der Waals surface area contributed by atoms with E-state index in [1.807, 2.05) is 0 Å². The lowest BCUT2D eigenvalue weighted by Gasteiger charge is -2.49. The van der Waals surface area contributed by atoms with Gasteiger partial charge in [-0.3, -0.25) is 4.90 Å². The Hall–Kier alpha value is -0.290. The summed E-state index contributed by atoms with van der Waals surface area (Å²) >= 11 is 0. The highest BCUT2D eigenvalue weighted by Gasteiger charge is 2.45. The molecule has 0 saturated carbocycles. The summed E-state index contributed by atoms with van der Waals surface area (Å²) in [6, 6.07) is 0. The molecule has 2 nitrogen and oxygen atoms in total. The molecule has 1 fully saturated rings. The third-order valence-electron chi connectivity index (χ3n) is 3.82. The van der Waals surface area contributed by atoms with Crippen LogP contribution < -0.4 is 0 Å².